The second-order valence-corrected chi connectivity index (χ2v) is 6.34. The molecular weight excluding hydrogens is 384 g/mol. The Bertz CT molecular complexity index is 1140. The van der Waals surface area contributed by atoms with Crippen LogP contribution in [0.4, 0.5) is 17.2 Å². The Balaban J connectivity index is 1.44. The molecule has 2 heterocycles. The number of aromatic nitrogens is 4. The molecule has 0 unspecified atom stereocenters. The van der Waals surface area contributed by atoms with E-state index in [0.717, 1.165) is 22.7 Å². The van der Waals surface area contributed by atoms with Crippen molar-refractivity contribution < 1.29 is 14.1 Å². The molecule has 150 valence electrons. The molecule has 0 radical (unpaired) electrons. The Hall–Kier alpha value is -4.27. The van der Waals surface area contributed by atoms with Crippen LogP contribution < -0.4 is 15.4 Å². The van der Waals surface area contributed by atoms with E-state index in [1.165, 1.54) is 6.92 Å². The van der Waals surface area contributed by atoms with Crippen molar-refractivity contribution in [1.29, 1.82) is 0 Å². The van der Waals surface area contributed by atoms with E-state index in [1.54, 1.807) is 31.4 Å². The normalized spacial score (nSPS) is 10.5. The summed E-state index contributed by atoms with van der Waals surface area (Å²) in [5.74, 6) is 1.92. The number of carbonyl (C=O) groups excluding carboxylic acids is 1. The summed E-state index contributed by atoms with van der Waals surface area (Å²) in [6.07, 6.45) is 0. The average Bonchev–Trinajstić information content (AvgIpc) is 3.26. The maximum absolute atomic E-state index is 11.1. The van der Waals surface area contributed by atoms with Crippen molar-refractivity contribution in [1.82, 2.24) is 20.3 Å². The van der Waals surface area contributed by atoms with Crippen molar-refractivity contribution in [2.75, 3.05) is 17.7 Å². The molecule has 0 saturated heterocycles. The predicted molar refractivity (Wildman–Crippen MR) is 111 cm³/mol. The number of methoxy groups -OCH3 is 1. The van der Waals surface area contributed by atoms with Gasteiger partial charge in [-0.25, -0.2) is 0 Å². The molecule has 4 rings (SSSR count). The largest absolute Gasteiger partial charge is 0.497 e. The lowest BCUT2D eigenvalue weighted by molar-refractivity contribution is -0.114. The lowest BCUT2D eigenvalue weighted by atomic mass is 10.2. The molecule has 30 heavy (non-hydrogen) atoms. The highest BCUT2D eigenvalue weighted by molar-refractivity contribution is 5.88. The molecule has 0 fully saturated rings. The Morgan fingerprint density at radius 2 is 1.67 bits per heavy atom. The topological polar surface area (TPSA) is 115 Å². The third kappa shape index (κ3) is 4.41. The van der Waals surface area contributed by atoms with Crippen LogP contribution in [-0.4, -0.2) is 33.4 Å². The maximum Gasteiger partial charge on any atom is 0.278 e. The number of anilines is 3. The van der Waals surface area contributed by atoms with Crippen LogP contribution in [0, 0.1) is 0 Å². The van der Waals surface area contributed by atoms with Crippen LogP contribution in [0.5, 0.6) is 5.75 Å². The van der Waals surface area contributed by atoms with E-state index in [4.69, 9.17) is 9.26 Å². The van der Waals surface area contributed by atoms with Gasteiger partial charge in [0.25, 0.3) is 5.89 Å². The van der Waals surface area contributed by atoms with Crippen molar-refractivity contribution in [2.24, 2.45) is 0 Å². The van der Waals surface area contributed by atoms with Crippen LogP contribution in [-0.2, 0) is 4.79 Å². The van der Waals surface area contributed by atoms with Gasteiger partial charge in [0.15, 0.2) is 11.5 Å². The summed E-state index contributed by atoms with van der Waals surface area (Å²) in [7, 11) is 1.61. The molecule has 0 aliphatic heterocycles. The number of amides is 1. The van der Waals surface area contributed by atoms with Crippen molar-refractivity contribution in [3.05, 3.63) is 60.7 Å². The minimum atomic E-state index is -0.117. The molecule has 2 aromatic carbocycles. The quantitative estimate of drug-likeness (QED) is 0.499. The molecule has 4 aromatic rings. The van der Waals surface area contributed by atoms with Gasteiger partial charge >= 0.3 is 0 Å². The maximum atomic E-state index is 11.1. The molecule has 0 aliphatic rings. The molecule has 0 bridgehead atoms. The van der Waals surface area contributed by atoms with Gasteiger partial charge in [0, 0.05) is 23.9 Å². The van der Waals surface area contributed by atoms with Gasteiger partial charge in [0.1, 0.15) is 5.75 Å². The summed E-state index contributed by atoms with van der Waals surface area (Å²) >= 11 is 0. The van der Waals surface area contributed by atoms with Crippen LogP contribution >= 0.6 is 0 Å². The third-order valence-electron chi connectivity index (χ3n) is 4.14. The molecule has 0 aliphatic carbocycles. The molecule has 1 amide bonds. The Kier molecular flexibility index (Phi) is 5.33. The van der Waals surface area contributed by atoms with Gasteiger partial charge in [0.2, 0.25) is 11.7 Å². The van der Waals surface area contributed by atoms with E-state index in [2.05, 4.69) is 31.0 Å². The lowest BCUT2D eigenvalue weighted by Gasteiger charge is -2.06. The fraction of sp³-hybridized carbons (Fsp3) is 0.0952. The summed E-state index contributed by atoms with van der Waals surface area (Å²) in [6.45, 7) is 1.46. The fourth-order valence-electron chi connectivity index (χ4n) is 2.69. The second-order valence-electron chi connectivity index (χ2n) is 6.34. The van der Waals surface area contributed by atoms with E-state index in [1.807, 2.05) is 36.4 Å². The first-order valence-corrected chi connectivity index (χ1v) is 9.07. The number of carbonyl (C=O) groups is 1. The molecule has 0 atom stereocenters. The monoisotopic (exact) mass is 402 g/mol. The number of ether oxygens (including phenoxy) is 1. The van der Waals surface area contributed by atoms with Gasteiger partial charge in [-0.05, 0) is 60.7 Å². The Morgan fingerprint density at radius 1 is 0.933 bits per heavy atom. The minimum Gasteiger partial charge on any atom is -0.497 e. The van der Waals surface area contributed by atoms with E-state index >= 15 is 0 Å². The number of benzene rings is 2. The Labute approximate surface area is 172 Å². The SMILES string of the molecule is COc1ccc(-c2noc(-c3ccc(Nc4ccc(NC(C)=O)cc4)nn3)n2)cc1. The molecular formula is C21H18N6O3. The molecule has 0 spiro atoms. The minimum absolute atomic E-state index is 0.117. The molecule has 2 aromatic heterocycles. The summed E-state index contributed by atoms with van der Waals surface area (Å²) in [5, 5.41) is 18.2. The number of hydrogen-bond donors (Lipinski definition) is 2. The highest BCUT2D eigenvalue weighted by Crippen LogP contribution is 2.23. The predicted octanol–water partition coefficient (Wildman–Crippen LogP) is 3.90. The van der Waals surface area contributed by atoms with Crippen LogP contribution in [0.15, 0.2) is 65.2 Å². The number of nitrogens with one attached hydrogen (secondary N) is 2. The van der Waals surface area contributed by atoms with Crippen LogP contribution in [0.3, 0.4) is 0 Å². The van der Waals surface area contributed by atoms with Crippen LogP contribution in [0.25, 0.3) is 23.0 Å². The van der Waals surface area contributed by atoms with E-state index < -0.39 is 0 Å². The molecule has 9 heteroatoms. The number of hydrogen-bond acceptors (Lipinski definition) is 8. The van der Waals surface area contributed by atoms with E-state index in [9.17, 15) is 4.79 Å². The second kappa shape index (κ2) is 8.39. The summed E-state index contributed by atoms with van der Waals surface area (Å²) in [6, 6.07) is 18.1. The zero-order chi connectivity index (χ0) is 20.9. The van der Waals surface area contributed by atoms with E-state index in [-0.39, 0.29) is 11.8 Å². The molecule has 9 nitrogen and oxygen atoms in total. The summed E-state index contributed by atoms with van der Waals surface area (Å²) in [5.41, 5.74) is 2.80. The van der Waals surface area contributed by atoms with Crippen LogP contribution in [0.2, 0.25) is 0 Å². The highest BCUT2D eigenvalue weighted by Gasteiger charge is 2.12. The Morgan fingerprint density at radius 3 is 2.30 bits per heavy atom. The van der Waals surface area contributed by atoms with Gasteiger partial charge in [-0.15, -0.1) is 10.2 Å². The first kappa shape index (κ1) is 19.1. The van der Waals surface area contributed by atoms with Gasteiger partial charge in [-0.3, -0.25) is 4.79 Å². The van der Waals surface area contributed by atoms with E-state index in [0.29, 0.717) is 17.3 Å². The van der Waals surface area contributed by atoms with Gasteiger partial charge in [0.05, 0.1) is 7.11 Å². The molecule has 0 saturated carbocycles. The van der Waals surface area contributed by atoms with Gasteiger partial charge in [-0.2, -0.15) is 4.98 Å². The fourth-order valence-corrected chi connectivity index (χ4v) is 2.69. The smallest absolute Gasteiger partial charge is 0.278 e. The first-order chi connectivity index (χ1) is 14.6. The van der Waals surface area contributed by atoms with Crippen molar-refractivity contribution in [3.8, 4) is 28.7 Å². The van der Waals surface area contributed by atoms with Gasteiger partial charge in [-0.1, -0.05) is 5.16 Å². The van der Waals surface area contributed by atoms with Crippen molar-refractivity contribution >= 4 is 23.1 Å². The third-order valence-corrected chi connectivity index (χ3v) is 4.14. The highest BCUT2D eigenvalue weighted by atomic mass is 16.5. The number of nitrogens with zero attached hydrogens (tertiary/aromatic N) is 4. The standard InChI is InChI=1S/C21H18N6O3/c1-13(28)22-15-5-7-16(8-6-15)23-19-12-11-18(25-26-19)21-24-20(27-30-21)14-3-9-17(29-2)10-4-14/h3-12H,1-2H3,(H,22,28)(H,23,26). The average molecular weight is 402 g/mol. The zero-order valence-electron chi connectivity index (χ0n) is 16.3. The van der Waals surface area contributed by atoms with Gasteiger partial charge < -0.3 is 19.9 Å². The summed E-state index contributed by atoms with van der Waals surface area (Å²) < 4.78 is 10.5. The first-order valence-electron chi connectivity index (χ1n) is 9.07. The van der Waals surface area contributed by atoms with Crippen molar-refractivity contribution in [2.45, 2.75) is 6.92 Å². The summed E-state index contributed by atoms with van der Waals surface area (Å²) in [4.78, 5) is 15.5. The van der Waals surface area contributed by atoms with Crippen molar-refractivity contribution in [3.63, 3.8) is 0 Å². The number of rotatable bonds is 6. The molecule has 2 N–H and O–H groups in total. The zero-order valence-corrected chi connectivity index (χ0v) is 16.3. The lowest BCUT2D eigenvalue weighted by Crippen LogP contribution is -2.05. The van der Waals surface area contributed by atoms with Crippen LogP contribution in [0.1, 0.15) is 6.92 Å².